The van der Waals surface area contributed by atoms with E-state index >= 15 is 0 Å². The second kappa shape index (κ2) is 9.55. The smallest absolute Gasteiger partial charge is 0.257 e. The number of carbonyl (C=O) groups is 2. The molecule has 0 fully saturated rings. The molecule has 0 heterocycles. The van der Waals surface area contributed by atoms with Gasteiger partial charge in [0.2, 0.25) is 5.91 Å². The van der Waals surface area contributed by atoms with Crippen LogP contribution >= 0.6 is 0 Å². The van der Waals surface area contributed by atoms with E-state index in [9.17, 15) is 9.59 Å². The molecule has 0 bridgehead atoms. The summed E-state index contributed by atoms with van der Waals surface area (Å²) in [4.78, 5) is 25.0. The van der Waals surface area contributed by atoms with E-state index in [1.54, 1.807) is 18.2 Å². The molecule has 0 aliphatic rings. The molecule has 0 spiro atoms. The van der Waals surface area contributed by atoms with Crippen molar-refractivity contribution in [2.24, 2.45) is 0 Å². The van der Waals surface area contributed by atoms with Crippen molar-refractivity contribution in [1.82, 2.24) is 0 Å². The van der Waals surface area contributed by atoms with Gasteiger partial charge in [0, 0.05) is 17.1 Å². The van der Waals surface area contributed by atoms with Gasteiger partial charge in [-0.05, 0) is 54.8 Å². The van der Waals surface area contributed by atoms with Crippen LogP contribution in [0.25, 0.3) is 0 Å². The molecule has 148 valence electrons. The molecule has 3 rings (SSSR count). The number of aryl methyl sites for hydroxylation is 2. The summed E-state index contributed by atoms with van der Waals surface area (Å²) in [6.45, 7) is 4.09. The number of amides is 2. The number of nitrogens with one attached hydrogen (secondary N) is 3. The van der Waals surface area contributed by atoms with Crippen molar-refractivity contribution in [1.29, 1.82) is 0 Å². The van der Waals surface area contributed by atoms with E-state index < -0.39 is 0 Å². The molecular weight excluding hydrogens is 362 g/mol. The van der Waals surface area contributed by atoms with Crippen molar-refractivity contribution in [3.05, 3.63) is 89.5 Å². The highest BCUT2D eigenvalue weighted by Gasteiger charge is 2.12. The number of carbonyl (C=O) groups excluding carboxylic acids is 2. The van der Waals surface area contributed by atoms with Gasteiger partial charge in [0.1, 0.15) is 0 Å². The van der Waals surface area contributed by atoms with E-state index in [2.05, 4.69) is 22.9 Å². The van der Waals surface area contributed by atoms with E-state index in [1.807, 2.05) is 61.5 Å². The summed E-state index contributed by atoms with van der Waals surface area (Å²) in [7, 11) is 0. The van der Waals surface area contributed by atoms with Gasteiger partial charge in [-0.3, -0.25) is 9.59 Å². The van der Waals surface area contributed by atoms with Gasteiger partial charge in [0.25, 0.3) is 5.91 Å². The van der Waals surface area contributed by atoms with Crippen LogP contribution in [0.4, 0.5) is 17.1 Å². The largest absolute Gasteiger partial charge is 0.376 e. The number of anilines is 3. The van der Waals surface area contributed by atoms with Gasteiger partial charge in [0.05, 0.1) is 12.1 Å². The highest BCUT2D eigenvalue weighted by Crippen LogP contribution is 2.18. The Balaban J connectivity index is 1.64. The van der Waals surface area contributed by atoms with Crippen LogP contribution in [0, 0.1) is 6.92 Å². The lowest BCUT2D eigenvalue weighted by atomic mass is 10.1. The normalized spacial score (nSPS) is 10.3. The third-order valence-corrected chi connectivity index (χ3v) is 4.65. The van der Waals surface area contributed by atoms with Gasteiger partial charge < -0.3 is 16.0 Å². The van der Waals surface area contributed by atoms with Crippen LogP contribution < -0.4 is 16.0 Å². The van der Waals surface area contributed by atoms with Gasteiger partial charge in [0.15, 0.2) is 0 Å². The minimum Gasteiger partial charge on any atom is -0.376 e. The van der Waals surface area contributed by atoms with E-state index in [0.717, 1.165) is 23.4 Å². The minimum atomic E-state index is -0.225. The first kappa shape index (κ1) is 20.1. The zero-order chi connectivity index (χ0) is 20.6. The first-order valence-electron chi connectivity index (χ1n) is 9.65. The van der Waals surface area contributed by atoms with Crippen LogP contribution in [0.1, 0.15) is 28.4 Å². The van der Waals surface area contributed by atoms with Crippen molar-refractivity contribution < 1.29 is 9.59 Å². The zero-order valence-electron chi connectivity index (χ0n) is 16.7. The standard InChI is InChI=1S/C24H25N3O2/c1-3-18-12-14-19(15-13-18)26-24(29)20-9-5-7-11-22(20)25-16-23(28)27-21-10-6-4-8-17(21)2/h4-15,25H,3,16H2,1-2H3,(H,26,29)(H,27,28). The molecule has 29 heavy (non-hydrogen) atoms. The summed E-state index contributed by atoms with van der Waals surface area (Å²) in [5, 5.41) is 8.85. The predicted octanol–water partition coefficient (Wildman–Crippen LogP) is 4.86. The zero-order valence-corrected chi connectivity index (χ0v) is 16.7. The van der Waals surface area contributed by atoms with Gasteiger partial charge in [-0.2, -0.15) is 0 Å². The Bertz CT molecular complexity index is 997. The molecule has 3 N–H and O–H groups in total. The number of hydrogen-bond donors (Lipinski definition) is 3. The van der Waals surface area contributed by atoms with Crippen LogP contribution in [-0.2, 0) is 11.2 Å². The summed E-state index contributed by atoms with van der Waals surface area (Å²) in [5.41, 5.74) is 4.81. The second-order valence-corrected chi connectivity index (χ2v) is 6.77. The lowest BCUT2D eigenvalue weighted by Crippen LogP contribution is -2.23. The molecule has 0 radical (unpaired) electrons. The highest BCUT2D eigenvalue weighted by atomic mass is 16.2. The molecule has 0 saturated carbocycles. The van der Waals surface area contributed by atoms with Crippen molar-refractivity contribution in [3.8, 4) is 0 Å². The fourth-order valence-electron chi connectivity index (χ4n) is 2.94. The van der Waals surface area contributed by atoms with Crippen molar-refractivity contribution >= 4 is 28.9 Å². The summed E-state index contributed by atoms with van der Waals surface area (Å²) in [5.74, 6) is -0.402. The summed E-state index contributed by atoms with van der Waals surface area (Å²) in [6.07, 6.45) is 0.950. The third-order valence-electron chi connectivity index (χ3n) is 4.65. The molecule has 5 heteroatoms. The molecule has 0 atom stereocenters. The van der Waals surface area contributed by atoms with Gasteiger partial charge in [-0.1, -0.05) is 49.4 Å². The Kier molecular flexibility index (Phi) is 6.63. The Morgan fingerprint density at radius 3 is 2.14 bits per heavy atom. The van der Waals surface area contributed by atoms with Crippen LogP contribution in [0.15, 0.2) is 72.8 Å². The lowest BCUT2D eigenvalue weighted by molar-refractivity contribution is -0.114. The molecule has 0 unspecified atom stereocenters. The SMILES string of the molecule is CCc1ccc(NC(=O)c2ccccc2NCC(=O)Nc2ccccc2C)cc1. The minimum absolute atomic E-state index is 0.0593. The molecule has 0 aromatic heterocycles. The monoisotopic (exact) mass is 387 g/mol. The average molecular weight is 387 g/mol. The number of hydrogen-bond acceptors (Lipinski definition) is 3. The molecule has 3 aromatic rings. The molecule has 2 amide bonds. The number of para-hydroxylation sites is 2. The van der Waals surface area contributed by atoms with Crippen molar-refractivity contribution in [3.63, 3.8) is 0 Å². The van der Waals surface area contributed by atoms with Gasteiger partial charge >= 0.3 is 0 Å². The third kappa shape index (κ3) is 5.45. The Morgan fingerprint density at radius 2 is 1.45 bits per heavy atom. The Labute approximate surface area is 171 Å². The number of benzene rings is 3. The second-order valence-electron chi connectivity index (χ2n) is 6.77. The maximum atomic E-state index is 12.7. The van der Waals surface area contributed by atoms with Crippen molar-refractivity contribution in [2.45, 2.75) is 20.3 Å². The fourth-order valence-corrected chi connectivity index (χ4v) is 2.94. The Hall–Kier alpha value is -3.60. The lowest BCUT2D eigenvalue weighted by Gasteiger charge is -2.13. The average Bonchev–Trinajstić information content (AvgIpc) is 2.74. The summed E-state index contributed by atoms with van der Waals surface area (Å²) in [6, 6.07) is 22.5. The first-order valence-corrected chi connectivity index (χ1v) is 9.65. The molecule has 5 nitrogen and oxygen atoms in total. The van der Waals surface area contributed by atoms with Crippen LogP contribution in [0.5, 0.6) is 0 Å². The first-order chi connectivity index (χ1) is 14.1. The van der Waals surface area contributed by atoms with Crippen LogP contribution in [0.2, 0.25) is 0 Å². The van der Waals surface area contributed by atoms with E-state index in [0.29, 0.717) is 11.3 Å². The molecular formula is C24H25N3O2. The van der Waals surface area contributed by atoms with Crippen molar-refractivity contribution in [2.75, 3.05) is 22.5 Å². The topological polar surface area (TPSA) is 70.2 Å². The summed E-state index contributed by atoms with van der Waals surface area (Å²) < 4.78 is 0. The van der Waals surface area contributed by atoms with E-state index in [4.69, 9.17) is 0 Å². The summed E-state index contributed by atoms with van der Waals surface area (Å²) >= 11 is 0. The molecule has 0 aliphatic carbocycles. The quantitative estimate of drug-likeness (QED) is 0.542. The van der Waals surface area contributed by atoms with Gasteiger partial charge in [-0.25, -0.2) is 0 Å². The highest BCUT2D eigenvalue weighted by molar-refractivity contribution is 6.08. The fraction of sp³-hybridized carbons (Fsp3) is 0.167. The number of rotatable bonds is 7. The maximum Gasteiger partial charge on any atom is 0.257 e. The Morgan fingerprint density at radius 1 is 0.793 bits per heavy atom. The van der Waals surface area contributed by atoms with Crippen LogP contribution in [0.3, 0.4) is 0 Å². The van der Waals surface area contributed by atoms with Gasteiger partial charge in [-0.15, -0.1) is 0 Å². The maximum absolute atomic E-state index is 12.7. The van der Waals surface area contributed by atoms with E-state index in [1.165, 1.54) is 5.56 Å². The van der Waals surface area contributed by atoms with Crippen LogP contribution in [-0.4, -0.2) is 18.4 Å². The van der Waals surface area contributed by atoms with E-state index in [-0.39, 0.29) is 18.4 Å². The molecule has 0 saturated heterocycles. The molecule has 3 aromatic carbocycles. The molecule has 0 aliphatic heterocycles. The predicted molar refractivity (Wildman–Crippen MR) is 119 cm³/mol.